The van der Waals surface area contributed by atoms with Gasteiger partial charge in [-0.1, -0.05) is 54.4 Å². The van der Waals surface area contributed by atoms with Gasteiger partial charge in [0.25, 0.3) is 5.91 Å². The fourth-order valence-electron chi connectivity index (χ4n) is 7.14. The number of nitrogens with one attached hydrogen (secondary N) is 1. The average Bonchev–Trinajstić information content (AvgIpc) is 3.37. The zero-order valence-electron chi connectivity index (χ0n) is 21.2. The summed E-state index contributed by atoms with van der Waals surface area (Å²) in [5.74, 6) is -0.965. The summed E-state index contributed by atoms with van der Waals surface area (Å²) >= 11 is 6.52. The first-order valence-electron chi connectivity index (χ1n) is 13.5. The van der Waals surface area contributed by atoms with Crippen molar-refractivity contribution in [3.8, 4) is 0 Å². The highest BCUT2D eigenvalue weighted by atomic mass is 35.5. The van der Waals surface area contributed by atoms with E-state index in [9.17, 15) is 14.4 Å². The minimum atomic E-state index is -0.973. The van der Waals surface area contributed by atoms with Gasteiger partial charge in [-0.05, 0) is 78.6 Å². The monoisotopic (exact) mass is 530 g/mol. The fourth-order valence-corrected chi connectivity index (χ4v) is 7.30. The lowest BCUT2D eigenvalue weighted by atomic mass is 9.59. The Morgan fingerprint density at radius 1 is 0.947 bits per heavy atom. The Kier molecular flexibility index (Phi) is 6.39. The number of carbonyl (C=O) groups excluding carboxylic acids is 2. The van der Waals surface area contributed by atoms with Gasteiger partial charge in [-0.3, -0.25) is 14.4 Å². The number of rotatable bonds is 6. The van der Waals surface area contributed by atoms with Crippen LogP contribution in [0.3, 0.4) is 0 Å². The van der Waals surface area contributed by atoms with Crippen LogP contribution < -0.4 is 10.2 Å². The van der Waals surface area contributed by atoms with Crippen LogP contribution in [-0.2, 0) is 9.59 Å². The van der Waals surface area contributed by atoms with Crippen LogP contribution in [0.15, 0.2) is 60.7 Å². The van der Waals surface area contributed by atoms with E-state index >= 15 is 0 Å². The van der Waals surface area contributed by atoms with Crippen molar-refractivity contribution < 1.29 is 19.5 Å². The van der Waals surface area contributed by atoms with E-state index in [4.69, 9.17) is 16.7 Å². The number of benzene rings is 3. The standard InChI is InChI=1S/C31H31ClN2O4/c32-22-11-12-24-26(18-22)34(30(38)21-10-9-19-5-1-2-6-20(19)17-21)25-8-3-7-23(25)29(24)31(15-4-16-31)33-27(35)13-14-28(36)37/h1-2,5-6,9-12,17-18,23,25,29H,3-4,7-8,13-16H2,(H,33,35)(H,36,37). The third-order valence-corrected chi connectivity index (χ3v) is 9.12. The fraction of sp³-hybridized carbons (Fsp3) is 0.387. The molecule has 2 fully saturated rings. The summed E-state index contributed by atoms with van der Waals surface area (Å²) in [5.41, 5.74) is 2.10. The van der Waals surface area contributed by atoms with Crippen molar-refractivity contribution in [3.63, 3.8) is 0 Å². The molecule has 2 saturated carbocycles. The second-order valence-corrected chi connectivity index (χ2v) is 11.5. The summed E-state index contributed by atoms with van der Waals surface area (Å²) in [4.78, 5) is 40.1. The largest absolute Gasteiger partial charge is 0.481 e. The van der Waals surface area contributed by atoms with Crippen molar-refractivity contribution in [2.24, 2.45) is 5.92 Å². The van der Waals surface area contributed by atoms with Crippen LogP contribution in [0, 0.1) is 5.92 Å². The summed E-state index contributed by atoms with van der Waals surface area (Å²) in [6.45, 7) is 0. The molecule has 1 heterocycles. The Labute approximate surface area is 227 Å². The number of carbonyl (C=O) groups is 3. The van der Waals surface area contributed by atoms with E-state index in [2.05, 4.69) is 5.32 Å². The Morgan fingerprint density at radius 2 is 1.74 bits per heavy atom. The summed E-state index contributed by atoms with van der Waals surface area (Å²) < 4.78 is 0. The Balaban J connectivity index is 1.41. The molecule has 3 aromatic carbocycles. The number of hydrogen-bond donors (Lipinski definition) is 2. The minimum Gasteiger partial charge on any atom is -0.481 e. The highest BCUT2D eigenvalue weighted by Crippen LogP contribution is 2.58. The number of halogens is 1. The van der Waals surface area contributed by atoms with Crippen LogP contribution in [0.5, 0.6) is 0 Å². The molecule has 0 spiro atoms. The van der Waals surface area contributed by atoms with Crippen LogP contribution >= 0.6 is 11.6 Å². The molecule has 1 aliphatic heterocycles. The molecule has 0 bridgehead atoms. The molecule has 3 aliphatic rings. The quantitative estimate of drug-likeness (QED) is 0.391. The van der Waals surface area contributed by atoms with E-state index < -0.39 is 11.5 Å². The van der Waals surface area contributed by atoms with Crippen molar-refractivity contribution in [2.75, 3.05) is 4.90 Å². The van der Waals surface area contributed by atoms with Gasteiger partial charge >= 0.3 is 5.97 Å². The molecule has 0 saturated heterocycles. The highest BCUT2D eigenvalue weighted by molar-refractivity contribution is 6.31. The van der Waals surface area contributed by atoms with Gasteiger partial charge in [0.1, 0.15) is 0 Å². The number of hydrogen-bond acceptors (Lipinski definition) is 3. The molecule has 2 aliphatic carbocycles. The van der Waals surface area contributed by atoms with Crippen LogP contribution in [-0.4, -0.2) is 34.5 Å². The molecule has 0 radical (unpaired) electrons. The Hall–Kier alpha value is -3.38. The molecule has 38 heavy (non-hydrogen) atoms. The molecule has 6 rings (SSSR count). The Bertz CT molecular complexity index is 1430. The minimum absolute atomic E-state index is 0.0123. The van der Waals surface area contributed by atoms with Gasteiger partial charge in [-0.25, -0.2) is 0 Å². The topological polar surface area (TPSA) is 86.7 Å². The zero-order chi connectivity index (χ0) is 26.4. The van der Waals surface area contributed by atoms with E-state index in [1.54, 1.807) is 0 Å². The second kappa shape index (κ2) is 9.73. The zero-order valence-corrected chi connectivity index (χ0v) is 21.9. The molecule has 196 valence electrons. The van der Waals surface area contributed by atoms with Crippen LogP contribution in [0.4, 0.5) is 5.69 Å². The smallest absolute Gasteiger partial charge is 0.303 e. The number of nitrogens with zero attached hydrogens (tertiary/aromatic N) is 1. The van der Waals surface area contributed by atoms with E-state index in [1.807, 2.05) is 65.6 Å². The van der Waals surface area contributed by atoms with Crippen molar-refractivity contribution in [1.29, 1.82) is 0 Å². The third-order valence-electron chi connectivity index (χ3n) is 8.89. The van der Waals surface area contributed by atoms with Crippen LogP contribution in [0.2, 0.25) is 5.02 Å². The average molecular weight is 531 g/mol. The van der Waals surface area contributed by atoms with Crippen LogP contribution in [0.25, 0.3) is 10.8 Å². The van der Waals surface area contributed by atoms with E-state index in [0.29, 0.717) is 10.6 Å². The Morgan fingerprint density at radius 3 is 2.47 bits per heavy atom. The molecule has 3 unspecified atom stereocenters. The van der Waals surface area contributed by atoms with Gasteiger partial charge in [0.05, 0.1) is 6.42 Å². The van der Waals surface area contributed by atoms with Crippen molar-refractivity contribution in [2.45, 2.75) is 68.9 Å². The highest BCUT2D eigenvalue weighted by Gasteiger charge is 2.56. The predicted molar refractivity (Wildman–Crippen MR) is 148 cm³/mol. The molecule has 2 N–H and O–H groups in total. The predicted octanol–water partition coefficient (Wildman–Crippen LogP) is 6.31. The number of fused-ring (bicyclic) bond motifs is 3. The summed E-state index contributed by atoms with van der Waals surface area (Å²) in [7, 11) is 0. The van der Waals surface area contributed by atoms with Gasteiger partial charge in [0.2, 0.25) is 5.91 Å². The second-order valence-electron chi connectivity index (χ2n) is 11.0. The van der Waals surface area contributed by atoms with Crippen molar-refractivity contribution >= 4 is 45.8 Å². The molecule has 0 aromatic heterocycles. The first kappa shape index (κ1) is 24.9. The number of amides is 2. The number of anilines is 1. The molecule has 3 atom stereocenters. The molecule has 2 amide bonds. The molecular formula is C31H31ClN2O4. The van der Waals surface area contributed by atoms with Gasteiger partial charge in [0.15, 0.2) is 0 Å². The maximum Gasteiger partial charge on any atom is 0.303 e. The van der Waals surface area contributed by atoms with Crippen LogP contribution in [0.1, 0.15) is 73.2 Å². The number of carboxylic acid groups (broad SMARTS) is 1. The molecule has 3 aromatic rings. The maximum atomic E-state index is 14.2. The lowest BCUT2D eigenvalue weighted by Crippen LogP contribution is -2.62. The maximum absolute atomic E-state index is 14.2. The summed E-state index contributed by atoms with van der Waals surface area (Å²) in [5, 5.41) is 15.0. The van der Waals surface area contributed by atoms with E-state index in [0.717, 1.165) is 60.5 Å². The molecule has 6 nitrogen and oxygen atoms in total. The normalized spacial score (nSPS) is 23.3. The third kappa shape index (κ3) is 4.25. The molecular weight excluding hydrogens is 500 g/mol. The summed E-state index contributed by atoms with van der Waals surface area (Å²) in [6.07, 6.45) is 5.38. The van der Waals surface area contributed by atoms with Gasteiger partial charge < -0.3 is 15.3 Å². The SMILES string of the molecule is O=C(O)CCC(=O)NC1(C2c3ccc(Cl)cc3N(C(=O)c3ccc4ccccc4c3)C3CCCC32)CCC1. The van der Waals surface area contributed by atoms with E-state index in [-0.39, 0.29) is 42.5 Å². The van der Waals surface area contributed by atoms with Gasteiger partial charge in [0, 0.05) is 40.2 Å². The van der Waals surface area contributed by atoms with Crippen molar-refractivity contribution in [3.05, 3.63) is 76.8 Å². The first-order chi connectivity index (χ1) is 18.4. The van der Waals surface area contributed by atoms with Crippen molar-refractivity contribution in [1.82, 2.24) is 5.32 Å². The van der Waals surface area contributed by atoms with Gasteiger partial charge in [-0.15, -0.1) is 0 Å². The molecule has 7 heteroatoms. The van der Waals surface area contributed by atoms with Gasteiger partial charge in [-0.2, -0.15) is 0 Å². The summed E-state index contributed by atoms with van der Waals surface area (Å²) in [6, 6.07) is 19.7. The number of carboxylic acids is 1. The first-order valence-corrected chi connectivity index (χ1v) is 13.9. The van der Waals surface area contributed by atoms with E-state index in [1.165, 1.54) is 0 Å². The lowest BCUT2D eigenvalue weighted by molar-refractivity contribution is -0.139. The lowest BCUT2D eigenvalue weighted by Gasteiger charge is -2.55. The number of aliphatic carboxylic acids is 1.